The van der Waals surface area contributed by atoms with Crippen molar-refractivity contribution < 1.29 is 13.5 Å². The summed E-state index contributed by atoms with van der Waals surface area (Å²) >= 11 is 1.19. The number of sulfonamides is 1. The molecule has 2 rings (SSSR count). The number of hydrogen-bond donors (Lipinski definition) is 2. The Morgan fingerprint density at radius 3 is 2.85 bits per heavy atom. The lowest BCUT2D eigenvalue weighted by Gasteiger charge is -2.05. The van der Waals surface area contributed by atoms with Gasteiger partial charge in [0.1, 0.15) is 16.6 Å². The van der Waals surface area contributed by atoms with Crippen LogP contribution in [0.5, 0.6) is 0 Å². The highest BCUT2D eigenvalue weighted by atomic mass is 32.2. The third-order valence-corrected chi connectivity index (χ3v) is 5.14. The van der Waals surface area contributed by atoms with E-state index in [9.17, 15) is 8.42 Å². The molecule has 0 saturated carbocycles. The molecule has 7 heteroatoms. The Bertz CT molecular complexity index is 770. The van der Waals surface area contributed by atoms with Crippen molar-refractivity contribution >= 4 is 27.2 Å². The minimum Gasteiger partial charge on any atom is -0.384 e. The second kappa shape index (κ2) is 6.05. The zero-order valence-corrected chi connectivity index (χ0v) is 12.3. The van der Waals surface area contributed by atoms with E-state index in [0.717, 1.165) is 4.88 Å². The molecule has 0 amide bonds. The largest absolute Gasteiger partial charge is 0.384 e. The van der Waals surface area contributed by atoms with Crippen LogP contribution in [0.15, 0.2) is 34.7 Å². The van der Waals surface area contributed by atoms with Gasteiger partial charge in [0.25, 0.3) is 10.0 Å². The molecule has 2 aromatic heterocycles. The van der Waals surface area contributed by atoms with E-state index in [-0.39, 0.29) is 16.6 Å². The van der Waals surface area contributed by atoms with Crippen LogP contribution in [0.3, 0.4) is 0 Å². The van der Waals surface area contributed by atoms with E-state index in [2.05, 4.69) is 21.5 Å². The molecular weight excluding hydrogens is 296 g/mol. The number of hydrogen-bond acceptors (Lipinski definition) is 5. The van der Waals surface area contributed by atoms with E-state index in [1.54, 1.807) is 18.2 Å². The molecule has 0 aliphatic heterocycles. The lowest BCUT2D eigenvalue weighted by atomic mass is 10.2. The minimum absolute atomic E-state index is 0.195. The molecule has 2 N–H and O–H groups in total. The fourth-order valence-corrected chi connectivity index (χ4v) is 3.73. The summed E-state index contributed by atoms with van der Waals surface area (Å²) in [4.78, 5) is 4.87. The van der Waals surface area contributed by atoms with E-state index in [1.807, 2.05) is 6.92 Å². The Balaban J connectivity index is 2.25. The molecule has 104 valence electrons. The van der Waals surface area contributed by atoms with Gasteiger partial charge in [0, 0.05) is 16.6 Å². The monoisotopic (exact) mass is 308 g/mol. The second-order valence-electron chi connectivity index (χ2n) is 3.86. The van der Waals surface area contributed by atoms with Gasteiger partial charge in [0.15, 0.2) is 0 Å². The zero-order valence-electron chi connectivity index (χ0n) is 10.6. The third-order valence-electron chi connectivity index (χ3n) is 2.29. The first kappa shape index (κ1) is 14.5. The van der Waals surface area contributed by atoms with Crippen LogP contribution in [0.2, 0.25) is 0 Å². The Hall–Kier alpha value is -1.88. The maximum Gasteiger partial charge on any atom is 0.272 e. The van der Waals surface area contributed by atoms with Crippen molar-refractivity contribution in [1.29, 1.82) is 0 Å². The number of rotatable bonds is 3. The van der Waals surface area contributed by atoms with E-state index in [4.69, 9.17) is 5.11 Å². The number of nitrogens with one attached hydrogen (secondary N) is 1. The average Bonchev–Trinajstić information content (AvgIpc) is 2.84. The van der Waals surface area contributed by atoms with Crippen LogP contribution in [-0.2, 0) is 10.0 Å². The highest BCUT2D eigenvalue weighted by Gasteiger charge is 2.16. The van der Waals surface area contributed by atoms with Gasteiger partial charge in [-0.05, 0) is 31.2 Å². The number of nitrogens with zero attached hydrogens (tertiary/aromatic N) is 1. The summed E-state index contributed by atoms with van der Waals surface area (Å²) in [6.07, 6.45) is 1.46. The highest BCUT2D eigenvalue weighted by molar-refractivity contribution is 7.94. The van der Waals surface area contributed by atoms with Gasteiger partial charge in [-0.25, -0.2) is 13.4 Å². The van der Waals surface area contributed by atoms with Crippen LogP contribution in [0, 0.1) is 18.8 Å². The van der Waals surface area contributed by atoms with Crippen LogP contribution >= 0.6 is 11.3 Å². The van der Waals surface area contributed by atoms with Crippen molar-refractivity contribution in [1.82, 2.24) is 4.98 Å². The summed E-state index contributed by atoms with van der Waals surface area (Å²) in [6.45, 7) is 1.59. The summed E-state index contributed by atoms with van der Waals surface area (Å²) in [6, 6.07) is 6.45. The first-order valence-electron chi connectivity index (χ1n) is 5.66. The van der Waals surface area contributed by atoms with Gasteiger partial charge in [0.2, 0.25) is 0 Å². The molecule has 0 aliphatic rings. The molecule has 0 atom stereocenters. The van der Waals surface area contributed by atoms with E-state index in [1.165, 1.54) is 23.6 Å². The van der Waals surface area contributed by atoms with Gasteiger partial charge < -0.3 is 5.11 Å². The normalized spacial score (nSPS) is 10.7. The van der Waals surface area contributed by atoms with Gasteiger partial charge in [-0.1, -0.05) is 11.8 Å². The van der Waals surface area contributed by atoms with Crippen molar-refractivity contribution in [2.24, 2.45) is 0 Å². The Labute approximate surface area is 121 Å². The molecule has 2 aromatic rings. The molecule has 0 aromatic carbocycles. The summed E-state index contributed by atoms with van der Waals surface area (Å²) in [5, 5.41) is 8.63. The van der Waals surface area contributed by atoms with Crippen molar-refractivity contribution in [3.63, 3.8) is 0 Å². The van der Waals surface area contributed by atoms with Crippen molar-refractivity contribution in [3.8, 4) is 11.8 Å². The van der Waals surface area contributed by atoms with Crippen LogP contribution in [-0.4, -0.2) is 25.1 Å². The number of aryl methyl sites for hydroxylation is 1. The maximum absolute atomic E-state index is 12.1. The molecule has 0 fully saturated rings. The summed E-state index contributed by atoms with van der Waals surface area (Å²) in [7, 11) is -3.62. The number of anilines is 1. The first-order chi connectivity index (χ1) is 9.51. The van der Waals surface area contributed by atoms with Gasteiger partial charge in [-0.2, -0.15) is 0 Å². The second-order valence-corrected chi connectivity index (χ2v) is 7.06. The minimum atomic E-state index is -3.62. The lowest BCUT2D eigenvalue weighted by Crippen LogP contribution is -2.12. The fourth-order valence-electron chi connectivity index (χ4n) is 1.45. The van der Waals surface area contributed by atoms with Gasteiger partial charge >= 0.3 is 0 Å². The molecule has 2 heterocycles. The third kappa shape index (κ3) is 3.57. The molecule has 0 aliphatic carbocycles. The predicted molar refractivity (Wildman–Crippen MR) is 78.1 cm³/mol. The number of aromatic nitrogens is 1. The van der Waals surface area contributed by atoms with Crippen LogP contribution in [0.1, 0.15) is 10.4 Å². The topological polar surface area (TPSA) is 79.3 Å². The fraction of sp³-hybridized carbons (Fsp3) is 0.154. The number of aliphatic hydroxyl groups excluding tert-OH is 1. The van der Waals surface area contributed by atoms with E-state index in [0.29, 0.717) is 5.56 Å². The van der Waals surface area contributed by atoms with Crippen molar-refractivity contribution in [2.45, 2.75) is 11.1 Å². The number of aliphatic hydroxyl groups is 1. The smallest absolute Gasteiger partial charge is 0.272 e. The molecule has 0 bridgehead atoms. The SMILES string of the molecule is Cc1ccc(S(=O)(=O)Nc2cc(C#CCO)ccn2)s1. The summed E-state index contributed by atoms with van der Waals surface area (Å²) in [5.41, 5.74) is 0.578. The zero-order chi connectivity index (χ0) is 14.6. The Kier molecular flexibility index (Phi) is 4.39. The molecule has 5 nitrogen and oxygen atoms in total. The molecule has 0 unspecified atom stereocenters. The van der Waals surface area contributed by atoms with Crippen LogP contribution in [0.4, 0.5) is 5.82 Å². The summed E-state index contributed by atoms with van der Waals surface area (Å²) in [5.74, 6) is 5.38. The van der Waals surface area contributed by atoms with Crippen LogP contribution in [0.25, 0.3) is 0 Å². The Morgan fingerprint density at radius 2 is 2.20 bits per heavy atom. The molecule has 0 spiro atoms. The summed E-state index contributed by atoms with van der Waals surface area (Å²) < 4.78 is 26.9. The number of thiophene rings is 1. The molecular formula is C13H12N2O3S2. The van der Waals surface area contributed by atoms with Crippen LogP contribution < -0.4 is 4.72 Å². The molecule has 0 radical (unpaired) electrons. The Morgan fingerprint density at radius 1 is 1.40 bits per heavy atom. The predicted octanol–water partition coefficient (Wildman–Crippen LogP) is 1.60. The van der Waals surface area contributed by atoms with E-state index < -0.39 is 10.0 Å². The average molecular weight is 308 g/mol. The van der Waals surface area contributed by atoms with Gasteiger partial charge in [-0.3, -0.25) is 4.72 Å². The highest BCUT2D eigenvalue weighted by Crippen LogP contribution is 2.22. The molecule has 0 saturated heterocycles. The van der Waals surface area contributed by atoms with Gasteiger partial charge in [0.05, 0.1) is 0 Å². The molecule has 20 heavy (non-hydrogen) atoms. The van der Waals surface area contributed by atoms with Crippen molar-refractivity contribution in [3.05, 3.63) is 40.9 Å². The quantitative estimate of drug-likeness (QED) is 0.844. The maximum atomic E-state index is 12.1. The first-order valence-corrected chi connectivity index (χ1v) is 7.96. The van der Waals surface area contributed by atoms with Crippen molar-refractivity contribution in [2.75, 3.05) is 11.3 Å². The lowest BCUT2D eigenvalue weighted by molar-refractivity contribution is 0.350. The van der Waals surface area contributed by atoms with E-state index >= 15 is 0 Å². The standard InChI is InChI=1S/C13H12N2O3S2/c1-10-4-5-13(19-10)20(17,18)15-12-9-11(3-2-8-16)6-7-14-12/h4-7,9,16H,8H2,1H3,(H,14,15). The van der Waals surface area contributed by atoms with Gasteiger partial charge in [-0.15, -0.1) is 11.3 Å². The number of pyridine rings is 1.